The summed E-state index contributed by atoms with van der Waals surface area (Å²) in [6.45, 7) is 14.5. The van der Waals surface area contributed by atoms with Crippen molar-refractivity contribution in [2.45, 2.75) is 77.8 Å². The van der Waals surface area contributed by atoms with Crippen LogP contribution in [0.4, 0.5) is 4.39 Å². The first-order valence-electron chi connectivity index (χ1n) is 22.3. The Labute approximate surface area is 420 Å². The first-order chi connectivity index (χ1) is 32.0. The van der Waals surface area contributed by atoms with Gasteiger partial charge in [-0.1, -0.05) is 177 Å². The molecule has 4 N–H and O–H groups in total. The third-order valence-electron chi connectivity index (χ3n) is 11.5. The molecule has 67 heavy (non-hydrogen) atoms. The van der Waals surface area contributed by atoms with Crippen LogP contribution in [0.5, 0.6) is 0 Å². The van der Waals surface area contributed by atoms with Crippen LogP contribution in [0.2, 0.25) is 0 Å². The van der Waals surface area contributed by atoms with Crippen molar-refractivity contribution in [1.82, 2.24) is 0 Å². The fourth-order valence-corrected chi connectivity index (χ4v) is 9.73. The minimum atomic E-state index is -1.00. The molecule has 0 unspecified atom stereocenters. The Morgan fingerprint density at radius 3 is 0.896 bits per heavy atom. The van der Waals surface area contributed by atoms with Gasteiger partial charge in [-0.25, -0.2) is 0 Å². The van der Waals surface area contributed by atoms with Crippen LogP contribution in [0, 0.1) is 0 Å². The van der Waals surface area contributed by atoms with E-state index >= 15 is 0 Å². The van der Waals surface area contributed by atoms with Crippen LogP contribution in [0.25, 0.3) is 66.1 Å². The molecule has 0 amide bonds. The van der Waals surface area contributed by atoms with E-state index in [1.54, 1.807) is 0 Å². The van der Waals surface area contributed by atoms with Gasteiger partial charge in [-0.3, -0.25) is 4.39 Å². The fraction of sp³-hybridized carbons (Fsp3) is 0.228. The van der Waals surface area contributed by atoms with Crippen molar-refractivity contribution >= 4 is 73.9 Å². The van der Waals surface area contributed by atoms with Crippen LogP contribution < -0.4 is 0 Å². The summed E-state index contributed by atoms with van der Waals surface area (Å²) in [5.74, 6) is 0. The SMILES string of the molecule is CC(C)(O)c1ccccc1-c1ccc(Br)c2c(-c3ccccc3C(C)(C)O)ccc(Br)c12.CC(C)(O)c1ccccc1-c1cccc2c(-c3ccccc3C(C)(C)O)cccc12.[2H]CF.[B]=NS. The molecule has 1 radical (unpaired) electrons. The molecule has 0 aromatic heterocycles. The molecule has 8 aromatic rings. The van der Waals surface area contributed by atoms with Crippen LogP contribution in [-0.4, -0.2) is 35.2 Å². The number of thiol groups is 1. The first kappa shape index (κ1) is 51.6. The topological polar surface area (TPSA) is 93.3 Å². The molecule has 8 rings (SSSR count). The maximum absolute atomic E-state index is 10.8. The Morgan fingerprint density at radius 1 is 0.418 bits per heavy atom. The summed E-state index contributed by atoms with van der Waals surface area (Å²) in [6.07, 6.45) is 0. The van der Waals surface area contributed by atoms with Gasteiger partial charge in [0.2, 0.25) is 0 Å². The van der Waals surface area contributed by atoms with E-state index in [1.807, 2.05) is 128 Å². The monoisotopic (exact) mass is 1040 g/mol. The summed E-state index contributed by atoms with van der Waals surface area (Å²) in [5, 5.41) is 47.5. The Hall–Kier alpha value is -4.78. The van der Waals surface area contributed by atoms with E-state index in [9.17, 15) is 24.8 Å². The van der Waals surface area contributed by atoms with Gasteiger partial charge in [0.05, 0.1) is 30.9 Å². The Morgan fingerprint density at radius 2 is 0.642 bits per heavy atom. The number of nitrogens with zero attached hydrogens (tertiary/aromatic N) is 1. The fourth-order valence-electron chi connectivity index (χ4n) is 8.65. The number of halogens is 3. The van der Waals surface area contributed by atoms with E-state index in [0.717, 1.165) is 97.3 Å². The predicted octanol–water partition coefficient (Wildman–Crippen LogP) is 15.6. The van der Waals surface area contributed by atoms with Crippen molar-refractivity contribution in [1.29, 1.82) is 0 Å². The molecule has 5 nitrogen and oxygen atoms in total. The summed E-state index contributed by atoms with van der Waals surface area (Å²) in [7, 11) is 3.34. The zero-order valence-corrected chi connectivity index (χ0v) is 43.2. The van der Waals surface area contributed by atoms with E-state index in [2.05, 4.69) is 142 Å². The van der Waals surface area contributed by atoms with Crippen molar-refractivity contribution in [3.8, 4) is 44.5 Å². The molecule has 0 heterocycles. The molecule has 0 saturated carbocycles. The van der Waals surface area contributed by atoms with Crippen LogP contribution in [0.15, 0.2) is 171 Å². The van der Waals surface area contributed by atoms with Crippen molar-refractivity contribution in [2.75, 3.05) is 7.15 Å². The molecule has 0 aliphatic heterocycles. The normalized spacial score (nSPS) is 11.9. The zero-order chi connectivity index (χ0) is 50.2. The third kappa shape index (κ3) is 12.1. The quantitative estimate of drug-likeness (QED) is 0.0774. The standard InChI is InChI=1S/C28H26Br2O2.C28H28O2.CH3F.BHNS/c1-27(2,31)21-11-7-5-9-17(21)19-13-15-24(30)26-20(14-16-23(29)25(19)26)18-10-6-8-12-22(18)28(3,4)32;1-27(2,29)25-17-7-5-11-23(25)21-15-9-14-20-19(21)13-10-16-22(20)24-12-6-8-18-26(24)28(3,4)30;1-2;1-2-3/h5-16,31-32H,1-4H3;5-18,29-30H,1-4H3;1H3;3H/i;;1D;. The Kier molecular flexibility index (Phi) is 17.0. The van der Waals surface area contributed by atoms with Gasteiger partial charge < -0.3 is 20.4 Å². The predicted molar refractivity (Wildman–Crippen MR) is 290 cm³/mol. The van der Waals surface area contributed by atoms with Gasteiger partial charge in [-0.15, -0.1) is 0 Å². The average Bonchev–Trinajstić information content (AvgIpc) is 3.29. The van der Waals surface area contributed by atoms with Crippen LogP contribution in [-0.2, 0) is 22.4 Å². The number of alkyl halides is 1. The molecule has 345 valence electrons. The summed E-state index contributed by atoms with van der Waals surface area (Å²) >= 11 is 10.8. The molecule has 0 bridgehead atoms. The number of benzene rings is 8. The number of hydrogen-bond donors (Lipinski definition) is 5. The molecule has 0 aliphatic rings. The third-order valence-corrected chi connectivity index (χ3v) is 12.8. The van der Waals surface area contributed by atoms with E-state index in [1.165, 1.54) is 0 Å². The van der Waals surface area contributed by atoms with Crippen LogP contribution in [0.1, 0.15) is 79.0 Å². The molecule has 0 saturated heterocycles. The summed E-state index contributed by atoms with van der Waals surface area (Å²) in [5.41, 5.74) is 8.01. The van der Waals surface area contributed by atoms with Crippen molar-refractivity contribution in [3.05, 3.63) is 189 Å². The summed E-state index contributed by atoms with van der Waals surface area (Å²) in [6, 6.07) is 52.9. The second-order valence-corrected chi connectivity index (χ2v) is 20.1. The van der Waals surface area contributed by atoms with E-state index < -0.39 is 29.6 Å². The van der Waals surface area contributed by atoms with Gasteiger partial charge in [-0.2, -0.15) is 0 Å². The molecular weight excluding hydrogens is 984 g/mol. The maximum atomic E-state index is 10.8. The van der Waals surface area contributed by atoms with Crippen LogP contribution >= 0.6 is 44.7 Å². The second kappa shape index (κ2) is 22.1. The van der Waals surface area contributed by atoms with Crippen LogP contribution in [0.3, 0.4) is 0 Å². The van der Waals surface area contributed by atoms with E-state index in [-0.39, 0.29) is 0 Å². The average molecular weight is 1040 g/mol. The van der Waals surface area contributed by atoms with Crippen molar-refractivity contribution in [2.24, 2.45) is 4.30 Å². The molecule has 10 heteroatoms. The Bertz CT molecular complexity index is 2830. The van der Waals surface area contributed by atoms with Gasteiger partial charge in [0, 0.05) is 19.7 Å². The summed E-state index contributed by atoms with van der Waals surface area (Å²) < 4.78 is 20.1. The minimum absolute atomic E-state index is 0.873. The molecule has 0 aliphatic carbocycles. The molecule has 0 fully saturated rings. The zero-order valence-electron chi connectivity index (χ0n) is 40.1. The van der Waals surface area contributed by atoms with Gasteiger partial charge in [0.1, 0.15) is 0 Å². The van der Waals surface area contributed by atoms with E-state index in [4.69, 9.17) is 1.37 Å². The van der Waals surface area contributed by atoms with Crippen molar-refractivity contribution in [3.63, 3.8) is 0 Å². The molecular formula is C57H58BBr2FNO4S. The van der Waals surface area contributed by atoms with Crippen molar-refractivity contribution < 1.29 is 26.2 Å². The number of hydrogen-bond acceptors (Lipinski definition) is 6. The number of aliphatic hydroxyl groups is 4. The Balaban J connectivity index is 0.000000228. The van der Waals surface area contributed by atoms with Gasteiger partial charge in [-0.05, 0) is 145 Å². The van der Waals surface area contributed by atoms with E-state index in [0.29, 0.717) is 0 Å². The number of rotatable bonds is 8. The summed E-state index contributed by atoms with van der Waals surface area (Å²) in [4.78, 5) is 0. The molecule has 0 spiro atoms. The number of fused-ring (bicyclic) bond motifs is 2. The molecule has 0 atom stereocenters. The second-order valence-electron chi connectivity index (χ2n) is 18.2. The van der Waals surface area contributed by atoms with Gasteiger partial charge in [0.15, 0.2) is 0 Å². The van der Waals surface area contributed by atoms with Gasteiger partial charge >= 0.3 is 24.8 Å². The van der Waals surface area contributed by atoms with Gasteiger partial charge in [0.25, 0.3) is 0 Å². The molecule has 8 aromatic carbocycles. The first-order valence-corrected chi connectivity index (χ1v) is 23.6.